The summed E-state index contributed by atoms with van der Waals surface area (Å²) in [4.78, 5) is 16.6. The second kappa shape index (κ2) is 12.0. The zero-order valence-corrected chi connectivity index (χ0v) is 29.6. The maximum Gasteiger partial charge on any atom is 0.323 e. The van der Waals surface area contributed by atoms with Gasteiger partial charge >= 0.3 is 6.01 Å². The molecule has 3 aliphatic rings. The minimum Gasteiger partial charge on any atom is -0.461 e. The number of anilines is 2. The van der Waals surface area contributed by atoms with Crippen LogP contribution in [0.25, 0.3) is 0 Å². The Morgan fingerprint density at radius 2 is 1.04 bits per heavy atom. The Hall–Kier alpha value is -1.87. The van der Waals surface area contributed by atoms with E-state index in [1.54, 1.807) is 0 Å². The van der Waals surface area contributed by atoms with Gasteiger partial charge in [-0.2, -0.15) is 15.0 Å². The molecule has 45 heavy (non-hydrogen) atoms. The van der Waals surface area contributed by atoms with E-state index < -0.39 is 33.2 Å². The first kappa shape index (κ1) is 36.0. The topological polar surface area (TPSA) is 153 Å². The van der Waals surface area contributed by atoms with Gasteiger partial charge in [0.25, 0.3) is 0 Å². The lowest BCUT2D eigenvalue weighted by molar-refractivity contribution is -0.294. The van der Waals surface area contributed by atoms with E-state index in [0.29, 0.717) is 50.4 Å². The van der Waals surface area contributed by atoms with E-state index in [1.807, 2.05) is 83.1 Å². The summed E-state index contributed by atoms with van der Waals surface area (Å²) in [6.45, 7) is 23.4. The molecular formula is C32H57N8O5. The Kier molecular flexibility index (Phi) is 9.58. The summed E-state index contributed by atoms with van der Waals surface area (Å²) in [5.74, 6) is 0.737. The SMILES string of the molecule is CC1(C)CC(Nc2nc(OCCO)nc(N(C3CC(C)(C)N([O])C(C)(C)C3)C3CC(C)(C)N([O])C(C)(C)C3)n2)CC(C)(C)N1[O]. The van der Waals surface area contributed by atoms with E-state index in [0.717, 1.165) is 0 Å². The number of hydroxylamine groups is 6. The Labute approximate surface area is 269 Å². The molecule has 1 aromatic heterocycles. The highest BCUT2D eigenvalue weighted by molar-refractivity contribution is 5.43. The van der Waals surface area contributed by atoms with Gasteiger partial charge in [0.1, 0.15) is 6.61 Å². The first-order valence-electron chi connectivity index (χ1n) is 16.4. The van der Waals surface area contributed by atoms with Gasteiger partial charge in [-0.3, -0.25) is 0 Å². The van der Waals surface area contributed by atoms with Gasteiger partial charge < -0.3 is 20.1 Å². The maximum atomic E-state index is 13.4. The van der Waals surface area contributed by atoms with Crippen LogP contribution in [0.4, 0.5) is 11.9 Å². The molecule has 3 aliphatic heterocycles. The highest BCUT2D eigenvalue weighted by atomic mass is 16.5. The smallest absolute Gasteiger partial charge is 0.323 e. The molecule has 4 rings (SSSR count). The molecule has 1 aromatic rings. The van der Waals surface area contributed by atoms with E-state index in [2.05, 4.69) is 15.2 Å². The van der Waals surface area contributed by atoms with Gasteiger partial charge in [-0.1, -0.05) is 0 Å². The second-order valence-corrected chi connectivity index (χ2v) is 17.4. The maximum absolute atomic E-state index is 13.4. The standard InChI is InChI=1S/C32H57N8O5/c1-27(2)15-21(16-28(3,4)38(27)42)33-24-34-25(36-26(35-24)45-14-13-41)37(22-17-29(5,6)39(43)30(7,8)18-22)23-19-31(9,10)40(44)32(11,12)20-23/h21-23,41H,13-20H2,1-12H3,(H,33,34,35,36). The van der Waals surface area contributed by atoms with E-state index >= 15 is 0 Å². The molecule has 0 bridgehead atoms. The molecule has 0 spiro atoms. The van der Waals surface area contributed by atoms with Crippen molar-refractivity contribution in [1.29, 1.82) is 0 Å². The predicted octanol–water partition coefficient (Wildman–Crippen LogP) is 4.56. The molecular weight excluding hydrogens is 576 g/mol. The fraction of sp³-hybridized carbons (Fsp3) is 0.906. The number of ether oxygens (including phenoxy) is 1. The lowest BCUT2D eigenvalue weighted by Gasteiger charge is -2.57. The van der Waals surface area contributed by atoms with Crippen molar-refractivity contribution in [2.24, 2.45) is 0 Å². The van der Waals surface area contributed by atoms with Crippen molar-refractivity contribution in [3.63, 3.8) is 0 Å². The molecule has 13 nitrogen and oxygen atoms in total. The first-order chi connectivity index (χ1) is 20.4. The minimum absolute atomic E-state index is 0.0147. The summed E-state index contributed by atoms with van der Waals surface area (Å²) < 4.78 is 5.79. The van der Waals surface area contributed by atoms with E-state index in [1.165, 1.54) is 15.2 Å². The number of nitrogens with zero attached hydrogens (tertiary/aromatic N) is 7. The van der Waals surface area contributed by atoms with Crippen LogP contribution >= 0.6 is 0 Å². The van der Waals surface area contributed by atoms with Crippen molar-refractivity contribution >= 4 is 11.9 Å². The van der Waals surface area contributed by atoms with Crippen LogP contribution in [0.5, 0.6) is 6.01 Å². The molecule has 4 heterocycles. The van der Waals surface area contributed by atoms with Crippen LogP contribution in [0.1, 0.15) is 122 Å². The highest BCUT2D eigenvalue weighted by Crippen LogP contribution is 2.46. The zero-order chi connectivity index (χ0) is 34.0. The molecule has 3 radical (unpaired) electrons. The number of piperidine rings is 3. The van der Waals surface area contributed by atoms with Gasteiger partial charge in [0.05, 0.1) is 6.61 Å². The van der Waals surface area contributed by atoms with Crippen molar-refractivity contribution in [3.8, 4) is 6.01 Å². The lowest BCUT2D eigenvalue weighted by Crippen LogP contribution is -2.67. The Bertz CT molecular complexity index is 1110. The third kappa shape index (κ3) is 7.34. The third-order valence-electron chi connectivity index (χ3n) is 10.0. The van der Waals surface area contributed by atoms with Crippen LogP contribution in [0.2, 0.25) is 0 Å². The first-order valence-corrected chi connectivity index (χ1v) is 16.4. The van der Waals surface area contributed by atoms with Gasteiger partial charge in [-0.25, -0.2) is 0 Å². The number of hydrogen-bond acceptors (Lipinski definition) is 10. The summed E-state index contributed by atoms with van der Waals surface area (Å²) in [6, 6.07) is -0.228. The molecule has 2 N–H and O–H groups in total. The van der Waals surface area contributed by atoms with Crippen molar-refractivity contribution in [2.75, 3.05) is 23.4 Å². The van der Waals surface area contributed by atoms with Crippen LogP contribution in [-0.2, 0) is 15.6 Å². The van der Waals surface area contributed by atoms with Crippen molar-refractivity contribution in [2.45, 2.75) is 173 Å². The van der Waals surface area contributed by atoms with E-state index in [4.69, 9.17) is 14.7 Å². The van der Waals surface area contributed by atoms with Crippen molar-refractivity contribution in [1.82, 2.24) is 30.1 Å². The van der Waals surface area contributed by atoms with Crippen molar-refractivity contribution in [3.05, 3.63) is 0 Å². The van der Waals surface area contributed by atoms with Crippen LogP contribution in [0.3, 0.4) is 0 Å². The molecule has 0 amide bonds. The summed E-state index contributed by atoms with van der Waals surface area (Å²) >= 11 is 0. The molecule has 0 atom stereocenters. The molecule has 0 unspecified atom stereocenters. The molecule has 3 fully saturated rings. The molecule has 0 aliphatic carbocycles. The van der Waals surface area contributed by atoms with Gasteiger partial charge in [0.15, 0.2) is 0 Å². The molecule has 255 valence electrons. The number of aromatic nitrogens is 3. The van der Waals surface area contributed by atoms with E-state index in [9.17, 15) is 20.7 Å². The average molecular weight is 634 g/mol. The van der Waals surface area contributed by atoms with Gasteiger partial charge in [-0.15, -0.1) is 30.8 Å². The molecule has 0 saturated carbocycles. The second-order valence-electron chi connectivity index (χ2n) is 17.4. The number of hydrogen-bond donors (Lipinski definition) is 2. The summed E-state index contributed by atoms with van der Waals surface area (Å²) in [6.07, 6.45) is 3.47. The fourth-order valence-electron chi connectivity index (χ4n) is 8.71. The van der Waals surface area contributed by atoms with Crippen LogP contribution < -0.4 is 15.0 Å². The van der Waals surface area contributed by atoms with Gasteiger partial charge in [-0.05, 0) is 122 Å². The van der Waals surface area contributed by atoms with Crippen LogP contribution in [-0.4, -0.2) is 99.8 Å². The number of aliphatic hydroxyl groups excluding tert-OH is 1. The van der Waals surface area contributed by atoms with Crippen LogP contribution in [0.15, 0.2) is 0 Å². The monoisotopic (exact) mass is 633 g/mol. The Morgan fingerprint density at radius 3 is 1.42 bits per heavy atom. The highest BCUT2D eigenvalue weighted by Gasteiger charge is 2.53. The predicted molar refractivity (Wildman–Crippen MR) is 170 cm³/mol. The van der Waals surface area contributed by atoms with Crippen LogP contribution in [0, 0.1) is 0 Å². The van der Waals surface area contributed by atoms with Gasteiger partial charge in [0, 0.05) is 51.4 Å². The number of aliphatic hydroxyl groups is 1. The van der Waals surface area contributed by atoms with Crippen molar-refractivity contribution < 1.29 is 25.5 Å². The quantitative estimate of drug-likeness (QED) is 0.417. The summed E-state index contributed by atoms with van der Waals surface area (Å²) in [5.41, 5.74) is -3.79. The molecule has 13 heteroatoms. The number of rotatable bonds is 8. The minimum atomic E-state index is -0.650. The van der Waals surface area contributed by atoms with Gasteiger partial charge in [0.2, 0.25) is 11.9 Å². The fourth-order valence-corrected chi connectivity index (χ4v) is 8.71. The molecule has 3 saturated heterocycles. The largest absolute Gasteiger partial charge is 0.461 e. The third-order valence-corrected chi connectivity index (χ3v) is 10.0. The average Bonchev–Trinajstić information content (AvgIpc) is 2.87. The summed E-state index contributed by atoms with van der Waals surface area (Å²) in [7, 11) is 0. The summed E-state index contributed by atoms with van der Waals surface area (Å²) in [5, 5.41) is 56.5. The zero-order valence-electron chi connectivity index (χ0n) is 29.6. The lowest BCUT2D eigenvalue weighted by atomic mass is 9.75. The van der Waals surface area contributed by atoms with E-state index in [-0.39, 0.29) is 37.3 Å². The Morgan fingerprint density at radius 1 is 0.667 bits per heavy atom. The Balaban J connectivity index is 1.82. The number of nitrogens with one attached hydrogen (secondary N) is 1. The molecule has 0 aromatic carbocycles. The normalized spacial score (nSPS) is 27.3.